The van der Waals surface area contributed by atoms with Gasteiger partial charge in [-0.1, -0.05) is 25.1 Å². The quantitative estimate of drug-likeness (QED) is 0.833. The van der Waals surface area contributed by atoms with Crippen LogP contribution in [0.25, 0.3) is 11.6 Å². The van der Waals surface area contributed by atoms with E-state index in [9.17, 15) is 15.0 Å². The molecule has 0 unspecified atom stereocenters. The van der Waals surface area contributed by atoms with Crippen LogP contribution in [0.3, 0.4) is 0 Å². The SMILES string of the molecule is CCc1cccc2c1N=C/C2=C\c1sc(=S)n(CCC(=O)[O-])c1O. The summed E-state index contributed by atoms with van der Waals surface area (Å²) < 4.78 is 1.84. The molecule has 3 rings (SSSR count). The number of carbonyl (C=O) groups is 1. The lowest BCUT2D eigenvalue weighted by molar-refractivity contribution is -0.305. The summed E-state index contributed by atoms with van der Waals surface area (Å²) in [6.45, 7) is 2.18. The number of aliphatic carboxylic acids is 1. The molecule has 0 radical (unpaired) electrons. The molecule has 1 aliphatic rings. The molecule has 0 amide bonds. The second-order valence-electron chi connectivity index (χ2n) is 5.35. The number of benzene rings is 1. The van der Waals surface area contributed by atoms with Gasteiger partial charge in [-0.25, -0.2) is 0 Å². The standard InChI is InChI=1S/C17H16N2O3S2/c1-2-10-4-3-5-12-11(9-18-15(10)12)8-13-16(22)19(17(23)24-13)7-6-14(20)21/h3-5,8-9,22H,2,6-7H2,1H3,(H,20,21)/p-1/b11-8+. The van der Waals surface area contributed by atoms with Crippen molar-refractivity contribution in [3.05, 3.63) is 38.2 Å². The summed E-state index contributed by atoms with van der Waals surface area (Å²) in [6.07, 6.45) is 4.31. The molecule has 0 fully saturated rings. The highest BCUT2D eigenvalue weighted by molar-refractivity contribution is 7.73. The number of aromatic hydroxyl groups is 1. The fourth-order valence-electron chi connectivity index (χ4n) is 2.63. The van der Waals surface area contributed by atoms with Crippen molar-refractivity contribution in [3.63, 3.8) is 0 Å². The first kappa shape index (κ1) is 16.6. The third-order valence-electron chi connectivity index (χ3n) is 3.86. The van der Waals surface area contributed by atoms with Crippen molar-refractivity contribution >= 4 is 53.1 Å². The molecule has 2 aromatic rings. The average Bonchev–Trinajstić information content (AvgIpc) is 3.07. The summed E-state index contributed by atoms with van der Waals surface area (Å²) in [5, 5.41) is 20.9. The van der Waals surface area contributed by atoms with Gasteiger partial charge in [0, 0.05) is 36.3 Å². The normalized spacial score (nSPS) is 14.3. The Kier molecular flexibility index (Phi) is 4.64. The molecule has 0 atom stereocenters. The van der Waals surface area contributed by atoms with E-state index in [0.29, 0.717) is 8.83 Å². The van der Waals surface area contributed by atoms with Crippen molar-refractivity contribution in [2.24, 2.45) is 4.99 Å². The Morgan fingerprint density at radius 2 is 2.29 bits per heavy atom. The molecule has 0 aliphatic carbocycles. The minimum atomic E-state index is -1.17. The number of hydrogen-bond donors (Lipinski definition) is 1. The largest absolute Gasteiger partial charge is 0.550 e. The van der Waals surface area contributed by atoms with Gasteiger partial charge in [-0.3, -0.25) is 9.56 Å². The van der Waals surface area contributed by atoms with Crippen LogP contribution in [0.4, 0.5) is 5.69 Å². The van der Waals surface area contributed by atoms with Gasteiger partial charge in [-0.15, -0.1) is 11.3 Å². The molecule has 0 saturated heterocycles. The molecule has 1 aromatic heterocycles. The van der Waals surface area contributed by atoms with E-state index in [1.807, 2.05) is 18.2 Å². The van der Waals surface area contributed by atoms with E-state index >= 15 is 0 Å². The van der Waals surface area contributed by atoms with Crippen LogP contribution in [0.2, 0.25) is 0 Å². The fraction of sp³-hybridized carbons (Fsp3) is 0.235. The van der Waals surface area contributed by atoms with Gasteiger partial charge >= 0.3 is 0 Å². The van der Waals surface area contributed by atoms with E-state index in [2.05, 4.69) is 18.0 Å². The van der Waals surface area contributed by atoms with Gasteiger partial charge in [0.1, 0.15) is 0 Å². The Morgan fingerprint density at radius 1 is 1.50 bits per heavy atom. The second kappa shape index (κ2) is 6.70. The van der Waals surface area contributed by atoms with Crippen molar-refractivity contribution in [1.29, 1.82) is 0 Å². The predicted octanol–water partition coefficient (Wildman–Crippen LogP) is 2.94. The molecule has 0 saturated carbocycles. The number of aliphatic imine (C=N–C) groups is 1. The highest BCUT2D eigenvalue weighted by Gasteiger charge is 2.17. The number of allylic oxidation sites excluding steroid dienone is 1. The van der Waals surface area contributed by atoms with Gasteiger partial charge in [-0.2, -0.15) is 0 Å². The maximum atomic E-state index is 10.6. The van der Waals surface area contributed by atoms with Gasteiger partial charge in [0.2, 0.25) is 5.88 Å². The predicted molar refractivity (Wildman–Crippen MR) is 96.3 cm³/mol. The van der Waals surface area contributed by atoms with Crippen LogP contribution in [0, 0.1) is 3.95 Å². The number of para-hydroxylation sites is 1. The highest BCUT2D eigenvalue weighted by atomic mass is 32.1. The van der Waals surface area contributed by atoms with Crippen molar-refractivity contribution in [3.8, 4) is 5.88 Å². The monoisotopic (exact) mass is 359 g/mol. The van der Waals surface area contributed by atoms with E-state index in [4.69, 9.17) is 12.2 Å². The van der Waals surface area contributed by atoms with Crippen LogP contribution in [0.5, 0.6) is 5.88 Å². The Balaban J connectivity index is 1.98. The summed E-state index contributed by atoms with van der Waals surface area (Å²) in [5.74, 6) is -1.20. The Labute approximate surface area is 148 Å². The number of aryl methyl sites for hydroxylation is 1. The summed E-state index contributed by atoms with van der Waals surface area (Å²) in [6, 6.07) is 6.04. The number of rotatable bonds is 5. The van der Waals surface area contributed by atoms with Crippen LogP contribution < -0.4 is 5.11 Å². The van der Waals surface area contributed by atoms with Crippen molar-refractivity contribution in [2.75, 3.05) is 0 Å². The van der Waals surface area contributed by atoms with E-state index in [1.165, 1.54) is 21.5 Å². The Hall–Kier alpha value is -2.25. The van der Waals surface area contributed by atoms with Crippen molar-refractivity contribution < 1.29 is 15.0 Å². The molecule has 5 nitrogen and oxygen atoms in total. The molecule has 124 valence electrons. The number of carboxylic acid groups (broad SMARTS) is 1. The number of carboxylic acids is 1. The third kappa shape index (κ3) is 3.05. The first-order chi connectivity index (χ1) is 11.5. The zero-order valence-corrected chi connectivity index (χ0v) is 14.6. The van der Waals surface area contributed by atoms with Crippen LogP contribution in [-0.2, 0) is 17.8 Å². The van der Waals surface area contributed by atoms with Crippen LogP contribution in [-0.4, -0.2) is 21.9 Å². The molecule has 1 aromatic carbocycles. The molecule has 7 heteroatoms. The van der Waals surface area contributed by atoms with Gasteiger partial charge < -0.3 is 15.0 Å². The van der Waals surface area contributed by atoms with E-state index < -0.39 is 5.97 Å². The molecule has 0 bridgehead atoms. The summed E-state index contributed by atoms with van der Waals surface area (Å²) in [4.78, 5) is 15.7. The van der Waals surface area contributed by atoms with Gasteiger partial charge in [0.05, 0.1) is 10.6 Å². The second-order valence-corrected chi connectivity index (χ2v) is 7.03. The number of thiazole rings is 1. The number of fused-ring (bicyclic) bond motifs is 1. The number of nitrogens with zero attached hydrogens (tertiary/aromatic N) is 2. The number of carbonyl (C=O) groups excluding carboxylic acids is 1. The Bertz CT molecular complexity index is 922. The minimum Gasteiger partial charge on any atom is -0.550 e. The maximum absolute atomic E-state index is 10.6. The molecule has 24 heavy (non-hydrogen) atoms. The van der Waals surface area contributed by atoms with Crippen molar-refractivity contribution in [2.45, 2.75) is 26.3 Å². The van der Waals surface area contributed by atoms with Gasteiger partial charge in [0.15, 0.2) is 3.95 Å². The van der Waals surface area contributed by atoms with Crippen LogP contribution in [0.15, 0.2) is 23.2 Å². The zero-order valence-electron chi connectivity index (χ0n) is 13.0. The lowest BCUT2D eigenvalue weighted by Crippen LogP contribution is -2.23. The van der Waals surface area contributed by atoms with Gasteiger partial charge in [0.25, 0.3) is 0 Å². The number of hydrogen-bond acceptors (Lipinski definition) is 6. The maximum Gasteiger partial charge on any atom is 0.210 e. The number of aromatic nitrogens is 1. The van der Waals surface area contributed by atoms with E-state index in [1.54, 1.807) is 6.21 Å². The Morgan fingerprint density at radius 3 is 3.00 bits per heavy atom. The zero-order chi connectivity index (χ0) is 17.3. The molecular weight excluding hydrogens is 344 g/mol. The fourth-order valence-corrected chi connectivity index (χ4v) is 3.94. The first-order valence-electron chi connectivity index (χ1n) is 7.51. The molecule has 2 heterocycles. The van der Waals surface area contributed by atoms with E-state index in [0.717, 1.165) is 23.2 Å². The van der Waals surface area contributed by atoms with Crippen LogP contribution in [0.1, 0.15) is 29.3 Å². The lowest BCUT2D eigenvalue weighted by Gasteiger charge is -2.05. The highest BCUT2D eigenvalue weighted by Crippen LogP contribution is 2.38. The van der Waals surface area contributed by atoms with Crippen LogP contribution >= 0.6 is 23.6 Å². The lowest BCUT2D eigenvalue weighted by atomic mass is 10.0. The summed E-state index contributed by atoms with van der Waals surface area (Å²) in [7, 11) is 0. The summed E-state index contributed by atoms with van der Waals surface area (Å²) in [5.41, 5.74) is 4.06. The van der Waals surface area contributed by atoms with E-state index in [-0.39, 0.29) is 18.8 Å². The third-order valence-corrected chi connectivity index (χ3v) is 5.25. The molecular formula is C17H15N2O3S2-. The smallest absolute Gasteiger partial charge is 0.210 e. The topological polar surface area (TPSA) is 77.7 Å². The molecule has 1 N–H and O–H groups in total. The molecule has 0 spiro atoms. The minimum absolute atomic E-state index is 0.0211. The van der Waals surface area contributed by atoms with Crippen molar-refractivity contribution in [1.82, 2.24) is 4.57 Å². The molecule has 1 aliphatic heterocycles. The van der Waals surface area contributed by atoms with Gasteiger partial charge in [-0.05, 0) is 30.3 Å². The first-order valence-corrected chi connectivity index (χ1v) is 8.74. The summed E-state index contributed by atoms with van der Waals surface area (Å²) >= 11 is 6.46. The average molecular weight is 359 g/mol.